The molecule has 0 spiro atoms. The third-order valence-electron chi connectivity index (χ3n) is 6.79. The fourth-order valence-electron chi connectivity index (χ4n) is 4.86. The molecule has 0 aliphatic carbocycles. The average Bonchev–Trinajstić information content (AvgIpc) is 3.37. The molecule has 1 amide bonds. The molecule has 3 aromatic carbocycles. The first-order chi connectivity index (χ1) is 18.1. The number of carbonyl (C=O) groups is 1. The van der Waals surface area contributed by atoms with Gasteiger partial charge < -0.3 is 15.2 Å². The minimum absolute atomic E-state index is 0.139. The highest BCUT2D eigenvalue weighted by atomic mass is 32.2. The van der Waals surface area contributed by atoms with Crippen molar-refractivity contribution in [2.75, 3.05) is 37.7 Å². The first-order valence-electron chi connectivity index (χ1n) is 12.7. The standard InChI is InChI=1S/C29H32N6OS/c1-2-35-28(24-13-15-25(30)16-14-24)31-32-29(35)37-21-26(36)33-17-19-34(20-18-33)27(22-9-5-3-6-10-22)23-11-7-4-8-12-23/h3-16,27H,2,17-21,30H2,1H3. The number of anilines is 1. The maximum Gasteiger partial charge on any atom is 0.233 e. The van der Waals surface area contributed by atoms with E-state index in [4.69, 9.17) is 5.73 Å². The SMILES string of the molecule is CCn1c(SCC(=O)N2CCN(C(c3ccccc3)c3ccccc3)CC2)nnc1-c1ccc(N)cc1. The van der Waals surface area contributed by atoms with Crippen LogP contribution < -0.4 is 5.73 Å². The number of piperazine rings is 1. The monoisotopic (exact) mass is 512 g/mol. The number of nitrogen functional groups attached to an aromatic ring is 1. The molecule has 190 valence electrons. The zero-order valence-corrected chi connectivity index (χ0v) is 21.8. The van der Waals surface area contributed by atoms with Crippen LogP contribution in [0, 0.1) is 0 Å². The summed E-state index contributed by atoms with van der Waals surface area (Å²) in [5, 5.41) is 9.51. The molecule has 1 aliphatic rings. The van der Waals surface area contributed by atoms with Gasteiger partial charge in [0, 0.05) is 44.0 Å². The zero-order chi connectivity index (χ0) is 25.6. The fourth-order valence-corrected chi connectivity index (χ4v) is 5.76. The van der Waals surface area contributed by atoms with Crippen LogP contribution in [0.2, 0.25) is 0 Å². The molecule has 2 N–H and O–H groups in total. The van der Waals surface area contributed by atoms with Crippen LogP contribution in [-0.2, 0) is 11.3 Å². The molecule has 0 saturated carbocycles. The molecule has 0 atom stereocenters. The average molecular weight is 513 g/mol. The van der Waals surface area contributed by atoms with Gasteiger partial charge in [-0.15, -0.1) is 10.2 Å². The molecule has 37 heavy (non-hydrogen) atoms. The van der Waals surface area contributed by atoms with E-state index in [0.717, 1.165) is 36.2 Å². The van der Waals surface area contributed by atoms with E-state index in [-0.39, 0.29) is 11.9 Å². The highest BCUT2D eigenvalue weighted by Gasteiger charge is 2.28. The van der Waals surface area contributed by atoms with Gasteiger partial charge >= 0.3 is 0 Å². The lowest BCUT2D eigenvalue weighted by atomic mass is 9.96. The second kappa shape index (κ2) is 11.6. The first kappa shape index (κ1) is 25.0. The number of thioether (sulfide) groups is 1. The summed E-state index contributed by atoms with van der Waals surface area (Å²) in [6.45, 7) is 5.88. The molecular formula is C29H32N6OS. The summed E-state index contributed by atoms with van der Waals surface area (Å²) >= 11 is 1.45. The second-order valence-electron chi connectivity index (χ2n) is 9.10. The van der Waals surface area contributed by atoms with Gasteiger partial charge in [-0.25, -0.2) is 0 Å². The molecular weight excluding hydrogens is 480 g/mol. The summed E-state index contributed by atoms with van der Waals surface area (Å²) in [5.41, 5.74) is 10.1. The van der Waals surface area contributed by atoms with Crippen molar-refractivity contribution in [3.63, 3.8) is 0 Å². The number of benzene rings is 3. The van der Waals surface area contributed by atoms with E-state index in [1.165, 1.54) is 22.9 Å². The topological polar surface area (TPSA) is 80.3 Å². The van der Waals surface area contributed by atoms with Gasteiger partial charge in [-0.3, -0.25) is 9.69 Å². The Morgan fingerprint density at radius 1 is 0.865 bits per heavy atom. The summed E-state index contributed by atoms with van der Waals surface area (Å²) < 4.78 is 2.05. The van der Waals surface area contributed by atoms with E-state index in [0.29, 0.717) is 24.5 Å². The van der Waals surface area contributed by atoms with Crippen molar-refractivity contribution >= 4 is 23.4 Å². The highest BCUT2D eigenvalue weighted by molar-refractivity contribution is 7.99. The van der Waals surface area contributed by atoms with Gasteiger partial charge in [0.1, 0.15) is 0 Å². The molecule has 8 heteroatoms. The molecule has 1 aliphatic heterocycles. The Morgan fingerprint density at radius 3 is 2.03 bits per heavy atom. The van der Waals surface area contributed by atoms with Crippen molar-refractivity contribution in [3.8, 4) is 11.4 Å². The number of hydrogen-bond donors (Lipinski definition) is 1. The second-order valence-corrected chi connectivity index (χ2v) is 10.0. The van der Waals surface area contributed by atoms with Crippen molar-refractivity contribution in [1.82, 2.24) is 24.6 Å². The third kappa shape index (κ3) is 5.70. The van der Waals surface area contributed by atoms with Gasteiger partial charge in [0.2, 0.25) is 5.91 Å². The van der Waals surface area contributed by atoms with Gasteiger partial charge in [0.25, 0.3) is 0 Å². The molecule has 0 bridgehead atoms. The Labute approximate surface area is 222 Å². The molecule has 1 aromatic heterocycles. The predicted octanol–water partition coefficient (Wildman–Crippen LogP) is 4.57. The lowest BCUT2D eigenvalue weighted by Crippen LogP contribution is -2.50. The van der Waals surface area contributed by atoms with E-state index >= 15 is 0 Å². The van der Waals surface area contributed by atoms with Crippen LogP contribution in [0.3, 0.4) is 0 Å². The van der Waals surface area contributed by atoms with E-state index in [9.17, 15) is 4.79 Å². The third-order valence-corrected chi connectivity index (χ3v) is 7.74. The van der Waals surface area contributed by atoms with E-state index in [2.05, 4.69) is 82.7 Å². The van der Waals surface area contributed by atoms with E-state index < -0.39 is 0 Å². The van der Waals surface area contributed by atoms with Crippen molar-refractivity contribution in [3.05, 3.63) is 96.1 Å². The number of nitrogens with zero attached hydrogens (tertiary/aromatic N) is 5. The minimum atomic E-state index is 0.139. The van der Waals surface area contributed by atoms with Crippen molar-refractivity contribution in [2.24, 2.45) is 0 Å². The smallest absolute Gasteiger partial charge is 0.233 e. The molecule has 5 rings (SSSR count). The minimum Gasteiger partial charge on any atom is -0.399 e. The van der Waals surface area contributed by atoms with Crippen LogP contribution in [0.25, 0.3) is 11.4 Å². The fraction of sp³-hybridized carbons (Fsp3) is 0.276. The maximum absolute atomic E-state index is 13.1. The van der Waals surface area contributed by atoms with Gasteiger partial charge in [-0.1, -0.05) is 72.4 Å². The van der Waals surface area contributed by atoms with Crippen LogP contribution in [0.4, 0.5) is 5.69 Å². The largest absolute Gasteiger partial charge is 0.399 e. The number of carbonyl (C=O) groups excluding carboxylic acids is 1. The normalized spacial score (nSPS) is 14.3. The van der Waals surface area contributed by atoms with Gasteiger partial charge in [-0.2, -0.15) is 0 Å². The number of amides is 1. The Balaban J connectivity index is 1.21. The Hall–Kier alpha value is -3.62. The summed E-state index contributed by atoms with van der Waals surface area (Å²) in [4.78, 5) is 17.6. The number of aromatic nitrogens is 3. The highest BCUT2D eigenvalue weighted by Crippen LogP contribution is 2.30. The number of hydrogen-bond acceptors (Lipinski definition) is 6. The van der Waals surface area contributed by atoms with Gasteiger partial charge in [0.15, 0.2) is 11.0 Å². The van der Waals surface area contributed by atoms with Crippen molar-refractivity contribution in [1.29, 1.82) is 0 Å². The van der Waals surface area contributed by atoms with Crippen molar-refractivity contribution in [2.45, 2.75) is 24.7 Å². The summed E-state index contributed by atoms with van der Waals surface area (Å²) in [6.07, 6.45) is 0. The van der Waals surface area contributed by atoms with E-state index in [1.807, 2.05) is 33.7 Å². The van der Waals surface area contributed by atoms with Gasteiger partial charge in [-0.05, 0) is 42.3 Å². The quantitative estimate of drug-likeness (QED) is 0.275. The van der Waals surface area contributed by atoms with Crippen LogP contribution in [-0.4, -0.2) is 62.4 Å². The van der Waals surface area contributed by atoms with Crippen LogP contribution in [0.5, 0.6) is 0 Å². The van der Waals surface area contributed by atoms with Gasteiger partial charge in [0.05, 0.1) is 11.8 Å². The lowest BCUT2D eigenvalue weighted by molar-refractivity contribution is -0.130. The molecule has 0 unspecified atom stereocenters. The first-order valence-corrected chi connectivity index (χ1v) is 13.7. The summed E-state index contributed by atoms with van der Waals surface area (Å²) in [5.74, 6) is 1.28. The van der Waals surface area contributed by atoms with E-state index in [1.54, 1.807) is 0 Å². The maximum atomic E-state index is 13.1. The zero-order valence-electron chi connectivity index (χ0n) is 21.0. The molecule has 4 aromatic rings. The van der Waals surface area contributed by atoms with Crippen LogP contribution in [0.1, 0.15) is 24.1 Å². The molecule has 1 saturated heterocycles. The Morgan fingerprint density at radius 2 is 1.46 bits per heavy atom. The van der Waals surface area contributed by atoms with Crippen molar-refractivity contribution < 1.29 is 4.79 Å². The van der Waals surface area contributed by atoms with Crippen LogP contribution in [0.15, 0.2) is 90.1 Å². The number of rotatable bonds is 8. The molecule has 7 nitrogen and oxygen atoms in total. The Kier molecular flexibility index (Phi) is 7.87. The van der Waals surface area contributed by atoms with Crippen LogP contribution >= 0.6 is 11.8 Å². The number of nitrogens with two attached hydrogens (primary N) is 1. The molecule has 2 heterocycles. The summed E-state index contributed by atoms with van der Waals surface area (Å²) in [6, 6.07) is 29.0. The lowest BCUT2D eigenvalue weighted by Gasteiger charge is -2.39. The predicted molar refractivity (Wildman–Crippen MR) is 149 cm³/mol. The molecule has 0 radical (unpaired) electrons. The molecule has 1 fully saturated rings. The Bertz CT molecular complexity index is 1260. The summed E-state index contributed by atoms with van der Waals surface area (Å²) in [7, 11) is 0.